The number of carbonyl (C=O) groups excluding carboxylic acids is 1. The highest BCUT2D eigenvalue weighted by Crippen LogP contribution is 2.20. The molecule has 2 N–H and O–H groups in total. The van der Waals surface area contributed by atoms with Crippen LogP contribution in [0.25, 0.3) is 0 Å². The van der Waals surface area contributed by atoms with Crippen LogP contribution in [0.15, 0.2) is 0 Å². The fourth-order valence-corrected chi connectivity index (χ4v) is 2.27. The van der Waals surface area contributed by atoms with Crippen molar-refractivity contribution in [2.24, 2.45) is 11.8 Å². The zero-order chi connectivity index (χ0) is 15.5. The molecule has 0 bridgehead atoms. The van der Waals surface area contributed by atoms with Crippen LogP contribution < -0.4 is 5.32 Å². The van der Waals surface area contributed by atoms with Crippen LogP contribution in [-0.4, -0.2) is 41.6 Å². The third-order valence-electron chi connectivity index (χ3n) is 3.63. The standard InChI is InChI=1S/C15H30N2O3/c1-5-11-17(6-2)15(20)16-10-9-13(12(3)4)7-8-14(18)19/h12-13H,5-11H2,1-4H3,(H,16,20)(H,18,19). The van der Waals surface area contributed by atoms with Gasteiger partial charge in [0.1, 0.15) is 0 Å². The summed E-state index contributed by atoms with van der Waals surface area (Å²) in [6.07, 6.45) is 2.66. The number of hydrogen-bond donors (Lipinski definition) is 2. The van der Waals surface area contributed by atoms with E-state index in [9.17, 15) is 9.59 Å². The summed E-state index contributed by atoms with van der Waals surface area (Å²) in [5.41, 5.74) is 0. The first-order chi connectivity index (χ1) is 9.42. The van der Waals surface area contributed by atoms with Gasteiger partial charge in [-0.05, 0) is 38.0 Å². The van der Waals surface area contributed by atoms with E-state index in [0.717, 1.165) is 19.4 Å². The number of carboxylic acids is 1. The minimum Gasteiger partial charge on any atom is -0.481 e. The maximum absolute atomic E-state index is 11.9. The number of amides is 2. The number of nitrogens with one attached hydrogen (secondary N) is 1. The lowest BCUT2D eigenvalue weighted by molar-refractivity contribution is -0.137. The van der Waals surface area contributed by atoms with Gasteiger partial charge in [0.2, 0.25) is 0 Å². The van der Waals surface area contributed by atoms with Crippen molar-refractivity contribution in [3.8, 4) is 0 Å². The van der Waals surface area contributed by atoms with Gasteiger partial charge in [-0.2, -0.15) is 0 Å². The number of nitrogens with zero attached hydrogens (tertiary/aromatic N) is 1. The Balaban J connectivity index is 4.09. The largest absolute Gasteiger partial charge is 0.481 e. The van der Waals surface area contributed by atoms with Crippen LogP contribution in [0.5, 0.6) is 0 Å². The van der Waals surface area contributed by atoms with Crippen molar-refractivity contribution in [1.29, 1.82) is 0 Å². The Hall–Kier alpha value is -1.26. The molecule has 0 aliphatic carbocycles. The minimum atomic E-state index is -0.750. The molecule has 0 aliphatic rings. The summed E-state index contributed by atoms with van der Waals surface area (Å²) in [6, 6.07) is -0.0184. The fraction of sp³-hybridized carbons (Fsp3) is 0.867. The number of carboxylic acid groups (broad SMARTS) is 1. The summed E-state index contributed by atoms with van der Waals surface area (Å²) < 4.78 is 0. The van der Waals surface area contributed by atoms with Gasteiger partial charge in [0, 0.05) is 26.1 Å². The average molecular weight is 286 g/mol. The summed E-state index contributed by atoms with van der Waals surface area (Å²) in [7, 11) is 0. The quantitative estimate of drug-likeness (QED) is 0.648. The lowest BCUT2D eigenvalue weighted by Gasteiger charge is -2.23. The van der Waals surface area contributed by atoms with Crippen LogP contribution >= 0.6 is 0 Å². The summed E-state index contributed by atoms with van der Waals surface area (Å²) in [5.74, 6) is 0.0246. The maximum atomic E-state index is 11.9. The highest BCUT2D eigenvalue weighted by atomic mass is 16.4. The Morgan fingerprint density at radius 3 is 2.30 bits per heavy atom. The van der Waals surface area contributed by atoms with Crippen LogP contribution in [0.4, 0.5) is 4.79 Å². The van der Waals surface area contributed by atoms with Crippen LogP contribution in [-0.2, 0) is 4.79 Å². The zero-order valence-corrected chi connectivity index (χ0v) is 13.3. The van der Waals surface area contributed by atoms with Crippen molar-refractivity contribution < 1.29 is 14.7 Å². The molecule has 118 valence electrons. The van der Waals surface area contributed by atoms with E-state index in [-0.39, 0.29) is 12.5 Å². The second-order valence-electron chi connectivity index (χ2n) is 5.54. The average Bonchev–Trinajstić information content (AvgIpc) is 2.38. The highest BCUT2D eigenvalue weighted by molar-refractivity contribution is 5.74. The van der Waals surface area contributed by atoms with Gasteiger partial charge in [0.15, 0.2) is 0 Å². The molecule has 0 saturated carbocycles. The van der Waals surface area contributed by atoms with Gasteiger partial charge in [-0.3, -0.25) is 4.79 Å². The van der Waals surface area contributed by atoms with Gasteiger partial charge in [0.05, 0.1) is 0 Å². The van der Waals surface area contributed by atoms with E-state index < -0.39 is 5.97 Å². The van der Waals surface area contributed by atoms with Crippen LogP contribution in [0.1, 0.15) is 53.4 Å². The Bertz CT molecular complexity index is 293. The summed E-state index contributed by atoms with van der Waals surface area (Å²) >= 11 is 0. The molecule has 0 aliphatic heterocycles. The molecule has 2 amide bonds. The number of hydrogen-bond acceptors (Lipinski definition) is 2. The summed E-state index contributed by atoms with van der Waals surface area (Å²) in [6.45, 7) is 10.3. The third kappa shape index (κ3) is 8.02. The van der Waals surface area contributed by atoms with Gasteiger partial charge in [0.25, 0.3) is 0 Å². The highest BCUT2D eigenvalue weighted by Gasteiger charge is 2.16. The zero-order valence-electron chi connectivity index (χ0n) is 13.3. The number of rotatable bonds is 10. The molecule has 0 rings (SSSR count). The molecule has 0 heterocycles. The molecular weight excluding hydrogens is 256 g/mol. The minimum absolute atomic E-state index is 0.0184. The van der Waals surface area contributed by atoms with E-state index in [1.807, 2.05) is 6.92 Å². The Kier molecular flexibility index (Phi) is 9.86. The van der Waals surface area contributed by atoms with Crippen LogP contribution in [0.2, 0.25) is 0 Å². The molecule has 0 radical (unpaired) electrons. The van der Waals surface area contributed by atoms with E-state index in [0.29, 0.717) is 31.3 Å². The molecule has 0 aromatic rings. The van der Waals surface area contributed by atoms with E-state index in [4.69, 9.17) is 5.11 Å². The van der Waals surface area contributed by atoms with Crippen LogP contribution in [0.3, 0.4) is 0 Å². The lowest BCUT2D eigenvalue weighted by atomic mass is 9.88. The Labute approximate surface area is 122 Å². The predicted octanol–water partition coefficient (Wildman–Crippen LogP) is 2.96. The van der Waals surface area contributed by atoms with Gasteiger partial charge in [-0.15, -0.1) is 0 Å². The predicted molar refractivity (Wildman–Crippen MR) is 80.8 cm³/mol. The van der Waals surface area contributed by atoms with Crippen molar-refractivity contribution in [3.05, 3.63) is 0 Å². The molecule has 0 aromatic carbocycles. The summed E-state index contributed by atoms with van der Waals surface area (Å²) in [4.78, 5) is 24.3. The SMILES string of the molecule is CCCN(CC)C(=O)NCCC(CCC(=O)O)C(C)C. The lowest BCUT2D eigenvalue weighted by Crippen LogP contribution is -2.41. The van der Waals surface area contributed by atoms with Gasteiger partial charge >= 0.3 is 12.0 Å². The molecule has 0 fully saturated rings. The molecule has 0 aromatic heterocycles. The van der Waals surface area contributed by atoms with Gasteiger partial charge < -0.3 is 15.3 Å². The maximum Gasteiger partial charge on any atom is 0.317 e. The normalized spacial score (nSPS) is 12.2. The third-order valence-corrected chi connectivity index (χ3v) is 3.63. The second-order valence-corrected chi connectivity index (χ2v) is 5.54. The first-order valence-corrected chi connectivity index (χ1v) is 7.66. The second kappa shape index (κ2) is 10.5. The van der Waals surface area contributed by atoms with Crippen molar-refractivity contribution in [1.82, 2.24) is 10.2 Å². The van der Waals surface area contributed by atoms with Gasteiger partial charge in [-0.1, -0.05) is 20.8 Å². The monoisotopic (exact) mass is 286 g/mol. The molecule has 5 heteroatoms. The smallest absolute Gasteiger partial charge is 0.317 e. The molecular formula is C15H30N2O3. The van der Waals surface area contributed by atoms with Crippen molar-refractivity contribution in [2.45, 2.75) is 53.4 Å². The van der Waals surface area contributed by atoms with E-state index >= 15 is 0 Å². The number of carbonyl (C=O) groups is 2. The molecule has 1 atom stereocenters. The number of urea groups is 1. The Morgan fingerprint density at radius 1 is 1.20 bits per heavy atom. The Morgan fingerprint density at radius 2 is 1.85 bits per heavy atom. The molecule has 20 heavy (non-hydrogen) atoms. The number of aliphatic carboxylic acids is 1. The van der Waals surface area contributed by atoms with E-state index in [1.165, 1.54) is 0 Å². The fourth-order valence-electron chi connectivity index (χ4n) is 2.27. The van der Waals surface area contributed by atoms with E-state index in [1.54, 1.807) is 4.90 Å². The van der Waals surface area contributed by atoms with Crippen LogP contribution in [0, 0.1) is 11.8 Å². The molecule has 0 saturated heterocycles. The van der Waals surface area contributed by atoms with E-state index in [2.05, 4.69) is 26.1 Å². The molecule has 1 unspecified atom stereocenters. The summed E-state index contributed by atoms with van der Waals surface area (Å²) in [5, 5.41) is 11.7. The molecule has 5 nitrogen and oxygen atoms in total. The van der Waals surface area contributed by atoms with Gasteiger partial charge in [-0.25, -0.2) is 4.79 Å². The van der Waals surface area contributed by atoms with Crippen molar-refractivity contribution in [2.75, 3.05) is 19.6 Å². The van der Waals surface area contributed by atoms with Crippen molar-refractivity contribution >= 4 is 12.0 Å². The first kappa shape index (κ1) is 18.7. The molecule has 0 spiro atoms. The first-order valence-electron chi connectivity index (χ1n) is 7.66. The topological polar surface area (TPSA) is 69.6 Å². The van der Waals surface area contributed by atoms with Crippen molar-refractivity contribution in [3.63, 3.8) is 0 Å².